The van der Waals surface area contributed by atoms with Crippen molar-refractivity contribution in [2.45, 2.75) is 56.8 Å². The summed E-state index contributed by atoms with van der Waals surface area (Å²) in [4.78, 5) is 16.4. The fourth-order valence-electron chi connectivity index (χ4n) is 3.82. The third-order valence-corrected chi connectivity index (χ3v) is 4.88. The van der Waals surface area contributed by atoms with E-state index >= 15 is 0 Å². The molecule has 5 nitrogen and oxygen atoms in total. The van der Waals surface area contributed by atoms with Gasteiger partial charge in [0.25, 0.3) is 5.91 Å². The van der Waals surface area contributed by atoms with Crippen molar-refractivity contribution in [3.8, 4) is 0 Å². The smallest absolute Gasteiger partial charge is 0.267 e. The maximum Gasteiger partial charge on any atom is 0.267 e. The first kappa shape index (κ1) is 13.3. The quantitative estimate of drug-likeness (QED) is 0.747. The van der Waals surface area contributed by atoms with Gasteiger partial charge in [-0.1, -0.05) is 12.8 Å². The van der Waals surface area contributed by atoms with Crippen molar-refractivity contribution < 1.29 is 9.90 Å². The van der Waals surface area contributed by atoms with Crippen molar-refractivity contribution in [2.75, 3.05) is 26.2 Å². The van der Waals surface area contributed by atoms with E-state index in [2.05, 4.69) is 5.32 Å². The van der Waals surface area contributed by atoms with Crippen LogP contribution < -0.4 is 5.32 Å². The molecule has 1 saturated carbocycles. The van der Waals surface area contributed by atoms with Crippen LogP contribution in [0.2, 0.25) is 0 Å². The molecular formula is C14H25N3O2. The van der Waals surface area contributed by atoms with Crippen molar-refractivity contribution in [3.63, 3.8) is 0 Å². The second-order valence-electron chi connectivity index (χ2n) is 6.06. The predicted octanol–water partition coefficient (Wildman–Crippen LogP) is 0.144. The van der Waals surface area contributed by atoms with E-state index in [1.807, 2.05) is 9.80 Å². The molecule has 0 spiro atoms. The zero-order valence-corrected chi connectivity index (χ0v) is 11.6. The summed E-state index contributed by atoms with van der Waals surface area (Å²) < 4.78 is 0. The van der Waals surface area contributed by atoms with Gasteiger partial charge in [-0.2, -0.15) is 0 Å². The third kappa shape index (κ3) is 2.64. The predicted molar refractivity (Wildman–Crippen MR) is 72.6 cm³/mol. The van der Waals surface area contributed by atoms with E-state index < -0.39 is 6.23 Å². The number of fused-ring (bicyclic) bond motifs is 1. The lowest BCUT2D eigenvalue weighted by molar-refractivity contribution is -0.154. The van der Waals surface area contributed by atoms with E-state index in [0.717, 1.165) is 51.9 Å². The number of hydrogen-bond acceptors (Lipinski definition) is 4. The second kappa shape index (κ2) is 5.77. The molecule has 2 N–H and O–H groups in total. The minimum absolute atomic E-state index is 0.0692. The lowest BCUT2D eigenvalue weighted by Crippen LogP contribution is -2.63. The molecule has 0 aromatic heterocycles. The van der Waals surface area contributed by atoms with Gasteiger partial charge in [0.1, 0.15) is 0 Å². The summed E-state index contributed by atoms with van der Waals surface area (Å²) in [5, 5.41) is 13.8. The first-order valence-electron chi connectivity index (χ1n) is 7.73. The number of carbonyl (C=O) groups is 1. The number of aliphatic hydroxyl groups excluding tert-OH is 1. The Morgan fingerprint density at radius 2 is 1.84 bits per heavy atom. The maximum atomic E-state index is 12.5. The molecular weight excluding hydrogens is 242 g/mol. The van der Waals surface area contributed by atoms with Gasteiger partial charge in [0.05, 0.1) is 0 Å². The number of aliphatic hydroxyl groups is 1. The van der Waals surface area contributed by atoms with Gasteiger partial charge in [-0.25, -0.2) is 0 Å². The van der Waals surface area contributed by atoms with Gasteiger partial charge in [-0.05, 0) is 25.7 Å². The zero-order chi connectivity index (χ0) is 13.2. The van der Waals surface area contributed by atoms with Crippen LogP contribution in [0.15, 0.2) is 0 Å². The van der Waals surface area contributed by atoms with Gasteiger partial charge in [0.15, 0.2) is 6.23 Å². The van der Waals surface area contributed by atoms with E-state index in [4.69, 9.17) is 0 Å². The number of nitrogens with zero attached hydrogens (tertiary/aromatic N) is 2. The first-order chi connectivity index (χ1) is 9.27. The monoisotopic (exact) mass is 267 g/mol. The minimum atomic E-state index is -0.914. The first-order valence-corrected chi connectivity index (χ1v) is 7.73. The van der Waals surface area contributed by atoms with Crippen LogP contribution in [0, 0.1) is 0 Å². The third-order valence-electron chi connectivity index (χ3n) is 4.88. The molecule has 3 rings (SSSR count). The topological polar surface area (TPSA) is 55.8 Å². The SMILES string of the molecule is O=C(C(O)N1CCCC1)N1CCNC2CCCCC21. The van der Waals surface area contributed by atoms with Crippen LogP contribution in [0.25, 0.3) is 0 Å². The molecule has 3 aliphatic rings. The average Bonchev–Trinajstić information content (AvgIpc) is 2.99. The van der Waals surface area contributed by atoms with Crippen LogP contribution in [0.1, 0.15) is 38.5 Å². The van der Waals surface area contributed by atoms with Crippen molar-refractivity contribution in [3.05, 3.63) is 0 Å². The minimum Gasteiger partial charge on any atom is -0.370 e. The summed E-state index contributed by atoms with van der Waals surface area (Å²) in [6.07, 6.45) is 5.97. The summed E-state index contributed by atoms with van der Waals surface area (Å²) >= 11 is 0. The van der Waals surface area contributed by atoms with Gasteiger partial charge in [-0.3, -0.25) is 9.69 Å². The lowest BCUT2D eigenvalue weighted by Gasteiger charge is -2.45. The summed E-state index contributed by atoms with van der Waals surface area (Å²) in [6.45, 7) is 3.31. The highest BCUT2D eigenvalue weighted by Gasteiger charge is 2.39. The maximum absolute atomic E-state index is 12.5. The molecule has 0 bridgehead atoms. The molecule has 2 heterocycles. The van der Waals surface area contributed by atoms with Crippen LogP contribution in [-0.2, 0) is 4.79 Å². The van der Waals surface area contributed by atoms with Crippen molar-refractivity contribution in [2.24, 2.45) is 0 Å². The van der Waals surface area contributed by atoms with Crippen molar-refractivity contribution in [1.82, 2.24) is 15.1 Å². The molecule has 0 aromatic carbocycles. The van der Waals surface area contributed by atoms with E-state index in [9.17, 15) is 9.90 Å². The molecule has 2 saturated heterocycles. The molecule has 19 heavy (non-hydrogen) atoms. The average molecular weight is 267 g/mol. The Labute approximate surface area is 114 Å². The largest absolute Gasteiger partial charge is 0.370 e. The molecule has 108 valence electrons. The molecule has 2 aliphatic heterocycles. The Bertz CT molecular complexity index is 329. The van der Waals surface area contributed by atoms with Gasteiger partial charge in [0, 0.05) is 38.3 Å². The number of hydrogen-bond donors (Lipinski definition) is 2. The molecule has 5 heteroatoms. The molecule has 0 aromatic rings. The van der Waals surface area contributed by atoms with Crippen molar-refractivity contribution in [1.29, 1.82) is 0 Å². The highest BCUT2D eigenvalue weighted by molar-refractivity contribution is 5.80. The number of nitrogens with one attached hydrogen (secondary N) is 1. The van der Waals surface area contributed by atoms with E-state index in [1.54, 1.807) is 0 Å². The number of amides is 1. The number of piperazine rings is 1. The number of carbonyl (C=O) groups excluding carboxylic acids is 1. The van der Waals surface area contributed by atoms with Gasteiger partial charge < -0.3 is 15.3 Å². The van der Waals surface area contributed by atoms with Crippen LogP contribution in [-0.4, -0.2) is 65.3 Å². The van der Waals surface area contributed by atoms with Crippen LogP contribution in [0.4, 0.5) is 0 Å². The standard InChI is InChI=1S/C14H25N3O2/c18-13(16-8-3-4-9-16)14(19)17-10-7-15-11-5-1-2-6-12(11)17/h11-13,15,18H,1-10H2. The highest BCUT2D eigenvalue weighted by Crippen LogP contribution is 2.26. The Hall–Kier alpha value is -0.650. The van der Waals surface area contributed by atoms with E-state index in [1.165, 1.54) is 12.8 Å². The van der Waals surface area contributed by atoms with Gasteiger partial charge in [0.2, 0.25) is 0 Å². The summed E-state index contributed by atoms with van der Waals surface area (Å²) in [6, 6.07) is 0.740. The fourth-order valence-corrected chi connectivity index (χ4v) is 3.82. The van der Waals surface area contributed by atoms with Crippen LogP contribution in [0.3, 0.4) is 0 Å². The van der Waals surface area contributed by atoms with E-state index in [-0.39, 0.29) is 5.91 Å². The van der Waals surface area contributed by atoms with Crippen LogP contribution >= 0.6 is 0 Å². The Morgan fingerprint density at radius 3 is 2.63 bits per heavy atom. The Balaban J connectivity index is 1.67. The fraction of sp³-hybridized carbons (Fsp3) is 0.929. The number of likely N-dealkylation sites (tertiary alicyclic amines) is 1. The van der Waals surface area contributed by atoms with E-state index in [0.29, 0.717) is 12.1 Å². The second-order valence-corrected chi connectivity index (χ2v) is 6.06. The highest BCUT2D eigenvalue weighted by atomic mass is 16.3. The van der Waals surface area contributed by atoms with Gasteiger partial charge >= 0.3 is 0 Å². The molecule has 1 aliphatic carbocycles. The molecule has 3 unspecified atom stereocenters. The summed E-state index contributed by atoms with van der Waals surface area (Å²) in [7, 11) is 0. The van der Waals surface area contributed by atoms with Gasteiger partial charge in [-0.15, -0.1) is 0 Å². The normalized spacial score (nSPS) is 34.1. The lowest BCUT2D eigenvalue weighted by atomic mass is 9.87. The zero-order valence-electron chi connectivity index (χ0n) is 11.6. The number of rotatable bonds is 2. The summed E-state index contributed by atoms with van der Waals surface area (Å²) in [5.74, 6) is -0.0692. The molecule has 3 fully saturated rings. The molecule has 3 atom stereocenters. The Kier molecular flexibility index (Phi) is 4.05. The molecule has 1 amide bonds. The van der Waals surface area contributed by atoms with Crippen molar-refractivity contribution >= 4 is 5.91 Å². The molecule has 0 radical (unpaired) electrons. The Morgan fingerprint density at radius 1 is 1.11 bits per heavy atom. The van der Waals surface area contributed by atoms with Crippen LogP contribution in [0.5, 0.6) is 0 Å². The summed E-state index contributed by atoms with van der Waals surface area (Å²) in [5.41, 5.74) is 0.